The second kappa shape index (κ2) is 5.78. The Labute approximate surface area is 120 Å². The third-order valence-corrected chi connectivity index (χ3v) is 4.20. The highest BCUT2D eigenvalue weighted by molar-refractivity contribution is 5.22. The van der Waals surface area contributed by atoms with E-state index in [-0.39, 0.29) is 6.10 Å². The van der Waals surface area contributed by atoms with Crippen molar-refractivity contribution in [2.45, 2.75) is 31.5 Å². The van der Waals surface area contributed by atoms with E-state index < -0.39 is 0 Å². The Morgan fingerprint density at radius 2 is 1.65 bits per heavy atom. The highest BCUT2D eigenvalue weighted by Gasteiger charge is 2.42. The molecule has 0 aromatic heterocycles. The Bertz CT molecular complexity index is 540. The molecule has 104 valence electrons. The van der Waals surface area contributed by atoms with E-state index in [4.69, 9.17) is 0 Å². The minimum absolute atomic E-state index is 0.274. The monoisotopic (exact) mass is 267 g/mol. The Morgan fingerprint density at radius 1 is 1.05 bits per heavy atom. The molecule has 1 N–H and O–H groups in total. The van der Waals surface area contributed by atoms with Crippen molar-refractivity contribution in [3.8, 4) is 0 Å². The fraction of sp³-hybridized carbons (Fsp3) is 0.333. The molecule has 4 atom stereocenters. The van der Waals surface area contributed by atoms with Gasteiger partial charge in [0.15, 0.2) is 0 Å². The van der Waals surface area contributed by atoms with Crippen LogP contribution in [0.25, 0.3) is 0 Å². The fourth-order valence-electron chi connectivity index (χ4n) is 2.87. The standard InChI is InChI=1S/C18H21NO/c1-14(16-10-6-3-7-11-16)19-13-17(19)18(20)12-15-8-4-2-5-9-15/h2-11,14,17-18,20H,12-13H2,1H3/t14-,17+,18?,19?/m1/s1. The van der Waals surface area contributed by atoms with Crippen LogP contribution in [0.5, 0.6) is 0 Å². The van der Waals surface area contributed by atoms with Crippen molar-refractivity contribution in [2.24, 2.45) is 0 Å². The van der Waals surface area contributed by atoms with Gasteiger partial charge < -0.3 is 5.11 Å². The molecular weight excluding hydrogens is 246 g/mol. The van der Waals surface area contributed by atoms with Crippen LogP contribution in [0.3, 0.4) is 0 Å². The van der Waals surface area contributed by atoms with Crippen molar-refractivity contribution in [1.82, 2.24) is 4.90 Å². The molecule has 2 aromatic carbocycles. The van der Waals surface area contributed by atoms with Crippen LogP contribution in [0, 0.1) is 0 Å². The highest BCUT2D eigenvalue weighted by atomic mass is 16.3. The van der Waals surface area contributed by atoms with E-state index in [0.717, 1.165) is 13.0 Å². The number of aliphatic hydroxyl groups excluding tert-OH is 1. The van der Waals surface area contributed by atoms with Crippen LogP contribution < -0.4 is 0 Å². The maximum atomic E-state index is 10.4. The van der Waals surface area contributed by atoms with Gasteiger partial charge >= 0.3 is 0 Å². The molecule has 0 amide bonds. The molecule has 0 aliphatic carbocycles. The van der Waals surface area contributed by atoms with Gasteiger partial charge in [-0.1, -0.05) is 60.7 Å². The van der Waals surface area contributed by atoms with Crippen LogP contribution in [-0.2, 0) is 6.42 Å². The largest absolute Gasteiger partial charge is 0.391 e. The summed E-state index contributed by atoms with van der Waals surface area (Å²) in [6.45, 7) is 3.20. The lowest BCUT2D eigenvalue weighted by molar-refractivity contribution is 0.149. The SMILES string of the molecule is C[C@H](c1ccccc1)N1C[C@H]1C(O)Cc1ccccc1. The lowest BCUT2D eigenvalue weighted by Gasteiger charge is -2.17. The molecule has 2 heteroatoms. The first-order chi connectivity index (χ1) is 9.75. The van der Waals surface area contributed by atoms with Crippen LogP contribution in [0.4, 0.5) is 0 Å². The van der Waals surface area contributed by atoms with E-state index >= 15 is 0 Å². The van der Waals surface area contributed by atoms with Crippen LogP contribution in [0.2, 0.25) is 0 Å². The topological polar surface area (TPSA) is 23.2 Å². The van der Waals surface area contributed by atoms with Crippen molar-refractivity contribution in [2.75, 3.05) is 6.54 Å². The smallest absolute Gasteiger partial charge is 0.0748 e. The second-order valence-electron chi connectivity index (χ2n) is 5.61. The predicted molar refractivity (Wildman–Crippen MR) is 81.5 cm³/mol. The minimum atomic E-state index is -0.274. The third kappa shape index (κ3) is 2.92. The van der Waals surface area contributed by atoms with E-state index in [1.165, 1.54) is 11.1 Å². The number of nitrogens with zero attached hydrogens (tertiary/aromatic N) is 1. The van der Waals surface area contributed by atoms with Gasteiger partial charge in [-0.2, -0.15) is 0 Å². The van der Waals surface area contributed by atoms with Crippen molar-refractivity contribution < 1.29 is 5.11 Å². The number of hydrogen-bond acceptors (Lipinski definition) is 2. The molecule has 20 heavy (non-hydrogen) atoms. The van der Waals surface area contributed by atoms with Gasteiger partial charge in [-0.25, -0.2) is 0 Å². The Balaban J connectivity index is 1.59. The Hall–Kier alpha value is -1.64. The summed E-state index contributed by atoms with van der Waals surface area (Å²) in [6.07, 6.45) is 0.465. The van der Waals surface area contributed by atoms with Crippen LogP contribution in [0.15, 0.2) is 60.7 Å². The van der Waals surface area contributed by atoms with Gasteiger partial charge in [0.2, 0.25) is 0 Å². The van der Waals surface area contributed by atoms with Crippen LogP contribution >= 0.6 is 0 Å². The van der Waals surface area contributed by atoms with E-state index in [9.17, 15) is 5.11 Å². The fourth-order valence-corrected chi connectivity index (χ4v) is 2.87. The summed E-state index contributed by atoms with van der Waals surface area (Å²) in [5.41, 5.74) is 2.53. The summed E-state index contributed by atoms with van der Waals surface area (Å²) in [6, 6.07) is 21.4. The quantitative estimate of drug-likeness (QED) is 0.842. The Morgan fingerprint density at radius 3 is 2.30 bits per heavy atom. The van der Waals surface area contributed by atoms with Gasteiger partial charge in [-0.05, 0) is 24.5 Å². The molecule has 0 saturated carbocycles. The molecule has 3 rings (SSSR count). The molecule has 2 nitrogen and oxygen atoms in total. The first kappa shape index (κ1) is 13.3. The molecule has 0 radical (unpaired) electrons. The average Bonchev–Trinajstić information content (AvgIpc) is 3.29. The zero-order valence-corrected chi connectivity index (χ0v) is 11.8. The number of hydrogen-bond donors (Lipinski definition) is 1. The van der Waals surface area contributed by atoms with Gasteiger partial charge in [0, 0.05) is 18.6 Å². The van der Waals surface area contributed by atoms with Crippen molar-refractivity contribution >= 4 is 0 Å². The molecule has 0 bridgehead atoms. The predicted octanol–water partition coefficient (Wildman–Crippen LogP) is 3.04. The maximum Gasteiger partial charge on any atom is 0.0748 e. The molecule has 1 heterocycles. The molecular formula is C18H21NO. The first-order valence-corrected chi connectivity index (χ1v) is 7.28. The van der Waals surface area contributed by atoms with Crippen molar-refractivity contribution in [3.05, 3.63) is 71.8 Å². The molecule has 2 aromatic rings. The van der Waals surface area contributed by atoms with Gasteiger partial charge in [0.25, 0.3) is 0 Å². The Kier molecular flexibility index (Phi) is 3.86. The van der Waals surface area contributed by atoms with E-state index in [0.29, 0.717) is 12.1 Å². The average molecular weight is 267 g/mol. The summed E-state index contributed by atoms with van der Waals surface area (Å²) >= 11 is 0. The molecule has 0 spiro atoms. The van der Waals surface area contributed by atoms with Gasteiger partial charge in [-0.3, -0.25) is 4.90 Å². The minimum Gasteiger partial charge on any atom is -0.391 e. The second-order valence-corrected chi connectivity index (χ2v) is 5.61. The normalized spacial score (nSPS) is 24.1. The number of aliphatic hydroxyl groups is 1. The number of rotatable bonds is 5. The van der Waals surface area contributed by atoms with E-state index in [2.05, 4.69) is 48.2 Å². The van der Waals surface area contributed by atoms with Crippen molar-refractivity contribution in [3.63, 3.8) is 0 Å². The summed E-state index contributed by atoms with van der Waals surface area (Å²) in [5.74, 6) is 0. The van der Waals surface area contributed by atoms with Gasteiger partial charge in [0.1, 0.15) is 0 Å². The molecule has 1 aliphatic rings. The molecule has 1 saturated heterocycles. The maximum absolute atomic E-state index is 10.4. The van der Waals surface area contributed by atoms with Crippen LogP contribution in [0.1, 0.15) is 24.1 Å². The zero-order valence-electron chi connectivity index (χ0n) is 11.8. The highest BCUT2D eigenvalue weighted by Crippen LogP contribution is 2.34. The van der Waals surface area contributed by atoms with Crippen molar-refractivity contribution in [1.29, 1.82) is 0 Å². The molecule has 1 fully saturated rings. The number of benzene rings is 2. The van der Waals surface area contributed by atoms with Gasteiger partial charge in [0.05, 0.1) is 6.10 Å². The summed E-state index contributed by atoms with van der Waals surface area (Å²) < 4.78 is 0. The molecule has 1 aliphatic heterocycles. The first-order valence-electron chi connectivity index (χ1n) is 7.28. The molecule has 2 unspecified atom stereocenters. The van der Waals surface area contributed by atoms with Gasteiger partial charge in [-0.15, -0.1) is 0 Å². The third-order valence-electron chi connectivity index (χ3n) is 4.20. The zero-order chi connectivity index (χ0) is 13.9. The summed E-state index contributed by atoms with van der Waals surface area (Å²) in [5, 5.41) is 10.4. The van der Waals surface area contributed by atoms with E-state index in [1.54, 1.807) is 0 Å². The van der Waals surface area contributed by atoms with E-state index in [1.807, 2.05) is 24.3 Å². The summed E-state index contributed by atoms with van der Waals surface area (Å²) in [4.78, 5) is 2.36. The van der Waals surface area contributed by atoms with Crippen LogP contribution in [-0.4, -0.2) is 28.7 Å². The lowest BCUT2D eigenvalue weighted by Crippen LogP contribution is -2.23. The lowest BCUT2D eigenvalue weighted by atomic mass is 10.1. The summed E-state index contributed by atoms with van der Waals surface area (Å²) in [7, 11) is 0.